The summed E-state index contributed by atoms with van der Waals surface area (Å²) < 4.78 is 5.58. The fourth-order valence-corrected chi connectivity index (χ4v) is 4.00. The molecule has 1 aromatic carbocycles. The predicted molar refractivity (Wildman–Crippen MR) is 94.0 cm³/mol. The van der Waals surface area contributed by atoms with Crippen molar-refractivity contribution in [3.63, 3.8) is 0 Å². The quantitative estimate of drug-likeness (QED) is 0.801. The van der Waals surface area contributed by atoms with Crippen molar-refractivity contribution in [3.8, 4) is 5.75 Å². The second-order valence-electron chi connectivity index (χ2n) is 7.12. The van der Waals surface area contributed by atoms with Gasteiger partial charge in [-0.1, -0.05) is 24.3 Å². The highest BCUT2D eigenvalue weighted by Crippen LogP contribution is 2.27. The van der Waals surface area contributed by atoms with Gasteiger partial charge in [0.1, 0.15) is 5.75 Å². The molecule has 0 radical (unpaired) electrons. The molecule has 1 saturated heterocycles. The molecule has 0 saturated carbocycles. The smallest absolute Gasteiger partial charge is 0.226 e. The van der Waals surface area contributed by atoms with Crippen LogP contribution in [0.3, 0.4) is 0 Å². The van der Waals surface area contributed by atoms with Crippen molar-refractivity contribution in [2.24, 2.45) is 5.92 Å². The first kappa shape index (κ1) is 15.7. The zero-order chi connectivity index (χ0) is 16.4. The highest BCUT2D eigenvalue weighted by Gasteiger charge is 2.27. The summed E-state index contributed by atoms with van der Waals surface area (Å²) in [5.74, 6) is 1.64. The van der Waals surface area contributed by atoms with E-state index in [1.807, 2.05) is 0 Å². The molecule has 1 atom stereocenters. The number of benzene rings is 1. The molecule has 0 spiro atoms. The van der Waals surface area contributed by atoms with Gasteiger partial charge in [0.15, 0.2) is 0 Å². The van der Waals surface area contributed by atoms with E-state index in [9.17, 15) is 4.79 Å². The van der Waals surface area contributed by atoms with Crippen LogP contribution in [-0.2, 0) is 17.8 Å². The van der Waals surface area contributed by atoms with Crippen LogP contribution in [0.2, 0.25) is 0 Å². The molecular formula is C20H26N2O2. The Morgan fingerprint density at radius 2 is 2.04 bits per heavy atom. The van der Waals surface area contributed by atoms with E-state index in [0.29, 0.717) is 5.91 Å². The molecule has 4 rings (SSSR count). The van der Waals surface area contributed by atoms with Crippen LogP contribution < -0.4 is 4.74 Å². The molecule has 4 heteroatoms. The van der Waals surface area contributed by atoms with E-state index in [1.54, 1.807) is 0 Å². The highest BCUT2D eigenvalue weighted by molar-refractivity contribution is 5.79. The molecule has 2 heterocycles. The largest absolute Gasteiger partial charge is 0.493 e. The highest BCUT2D eigenvalue weighted by atomic mass is 16.5. The Labute approximate surface area is 144 Å². The summed E-state index contributed by atoms with van der Waals surface area (Å²) in [5, 5.41) is 0. The Morgan fingerprint density at radius 3 is 2.83 bits per heavy atom. The molecule has 2 aliphatic heterocycles. The lowest BCUT2D eigenvalue weighted by Crippen LogP contribution is -2.50. The Morgan fingerprint density at radius 1 is 1.17 bits per heavy atom. The molecule has 3 aliphatic rings. The van der Waals surface area contributed by atoms with E-state index in [-0.39, 0.29) is 5.92 Å². The van der Waals surface area contributed by atoms with Gasteiger partial charge in [0, 0.05) is 45.1 Å². The average Bonchev–Trinajstić information content (AvgIpc) is 3.10. The van der Waals surface area contributed by atoms with Gasteiger partial charge >= 0.3 is 0 Å². The molecule has 1 unspecified atom stereocenters. The number of piperazine rings is 1. The number of fused-ring (bicyclic) bond motifs is 1. The van der Waals surface area contributed by atoms with Crippen LogP contribution in [0, 0.1) is 5.92 Å². The lowest BCUT2D eigenvalue weighted by atomic mass is 9.93. The molecular weight excluding hydrogens is 300 g/mol. The molecule has 0 aromatic heterocycles. The second-order valence-corrected chi connectivity index (χ2v) is 7.12. The Hall–Kier alpha value is -1.81. The van der Waals surface area contributed by atoms with Crippen molar-refractivity contribution in [3.05, 3.63) is 41.5 Å². The fourth-order valence-electron chi connectivity index (χ4n) is 4.00. The van der Waals surface area contributed by atoms with Gasteiger partial charge in [-0.25, -0.2) is 0 Å². The minimum atomic E-state index is 0.221. The summed E-state index contributed by atoms with van der Waals surface area (Å²) in [4.78, 5) is 17.1. The van der Waals surface area contributed by atoms with Crippen molar-refractivity contribution in [1.29, 1.82) is 0 Å². The van der Waals surface area contributed by atoms with Crippen LogP contribution in [0.1, 0.15) is 30.4 Å². The lowest BCUT2D eigenvalue weighted by molar-refractivity contribution is -0.137. The SMILES string of the molecule is O=C(C1CC=CCC1)N1CCN(Cc2ccc3c(c2)CCO3)CC1. The Bertz CT molecular complexity index is 633. The minimum absolute atomic E-state index is 0.221. The first-order valence-corrected chi connectivity index (χ1v) is 9.20. The number of hydrogen-bond acceptors (Lipinski definition) is 3. The van der Waals surface area contributed by atoms with E-state index in [4.69, 9.17) is 4.74 Å². The number of carbonyl (C=O) groups excluding carboxylic acids is 1. The number of carbonyl (C=O) groups is 1. The third-order valence-electron chi connectivity index (χ3n) is 5.46. The summed E-state index contributed by atoms with van der Waals surface area (Å²) in [6, 6.07) is 6.57. The monoisotopic (exact) mass is 326 g/mol. The Balaban J connectivity index is 1.30. The van der Waals surface area contributed by atoms with Crippen LogP contribution in [0.4, 0.5) is 0 Å². The van der Waals surface area contributed by atoms with Crippen molar-refractivity contribution in [1.82, 2.24) is 9.80 Å². The van der Waals surface area contributed by atoms with Crippen molar-refractivity contribution in [2.45, 2.75) is 32.2 Å². The predicted octanol–water partition coefficient (Wildman–Crippen LogP) is 2.62. The van der Waals surface area contributed by atoms with Gasteiger partial charge in [-0.2, -0.15) is 0 Å². The van der Waals surface area contributed by atoms with E-state index in [1.165, 1.54) is 11.1 Å². The number of hydrogen-bond donors (Lipinski definition) is 0. The third-order valence-corrected chi connectivity index (χ3v) is 5.46. The van der Waals surface area contributed by atoms with E-state index < -0.39 is 0 Å². The topological polar surface area (TPSA) is 32.8 Å². The summed E-state index contributed by atoms with van der Waals surface area (Å²) in [5.41, 5.74) is 2.70. The lowest BCUT2D eigenvalue weighted by Gasteiger charge is -2.36. The van der Waals surface area contributed by atoms with Gasteiger partial charge in [0.05, 0.1) is 6.61 Å². The molecule has 1 amide bonds. The molecule has 0 bridgehead atoms. The number of nitrogens with zero attached hydrogens (tertiary/aromatic N) is 2. The normalized spacial score (nSPS) is 23.8. The van der Waals surface area contributed by atoms with Crippen LogP contribution >= 0.6 is 0 Å². The number of rotatable bonds is 3. The first-order chi connectivity index (χ1) is 11.8. The molecule has 128 valence electrons. The van der Waals surface area contributed by atoms with E-state index in [2.05, 4.69) is 40.2 Å². The number of ether oxygens (including phenoxy) is 1. The maximum atomic E-state index is 12.6. The molecule has 0 N–H and O–H groups in total. The van der Waals surface area contributed by atoms with Crippen molar-refractivity contribution < 1.29 is 9.53 Å². The third kappa shape index (κ3) is 3.34. The zero-order valence-electron chi connectivity index (χ0n) is 14.2. The standard InChI is InChI=1S/C20H26N2O2/c23-20(17-4-2-1-3-5-17)22-11-9-21(10-12-22)15-16-6-7-19-18(14-16)8-13-24-19/h1-2,6-7,14,17H,3-5,8-13,15H2. The van der Waals surface area contributed by atoms with Gasteiger partial charge in [-0.3, -0.25) is 9.69 Å². The molecule has 1 aliphatic carbocycles. The summed E-state index contributed by atoms with van der Waals surface area (Å²) in [6.45, 7) is 5.47. The molecule has 24 heavy (non-hydrogen) atoms. The van der Waals surface area contributed by atoms with E-state index >= 15 is 0 Å². The number of allylic oxidation sites excluding steroid dienone is 2. The molecule has 1 fully saturated rings. The minimum Gasteiger partial charge on any atom is -0.493 e. The van der Waals surface area contributed by atoms with Gasteiger partial charge in [-0.15, -0.1) is 0 Å². The van der Waals surface area contributed by atoms with E-state index in [0.717, 1.165) is 70.8 Å². The molecule has 1 aromatic rings. The summed E-state index contributed by atoms with van der Waals surface area (Å²) >= 11 is 0. The second kappa shape index (κ2) is 6.98. The van der Waals surface area contributed by atoms with Crippen LogP contribution in [0.5, 0.6) is 5.75 Å². The van der Waals surface area contributed by atoms with Crippen LogP contribution in [0.15, 0.2) is 30.4 Å². The molecule has 4 nitrogen and oxygen atoms in total. The maximum Gasteiger partial charge on any atom is 0.226 e. The van der Waals surface area contributed by atoms with Gasteiger partial charge < -0.3 is 9.64 Å². The van der Waals surface area contributed by atoms with Crippen molar-refractivity contribution >= 4 is 5.91 Å². The maximum absolute atomic E-state index is 12.6. The average molecular weight is 326 g/mol. The van der Waals surface area contributed by atoms with Gasteiger partial charge in [-0.05, 0) is 36.5 Å². The zero-order valence-corrected chi connectivity index (χ0v) is 14.2. The fraction of sp³-hybridized carbons (Fsp3) is 0.550. The first-order valence-electron chi connectivity index (χ1n) is 9.20. The number of amides is 1. The summed E-state index contributed by atoms with van der Waals surface area (Å²) in [6.07, 6.45) is 8.39. The van der Waals surface area contributed by atoms with Crippen molar-refractivity contribution in [2.75, 3.05) is 32.8 Å². The summed E-state index contributed by atoms with van der Waals surface area (Å²) in [7, 11) is 0. The Kier molecular flexibility index (Phi) is 4.56. The van der Waals surface area contributed by atoms with Crippen LogP contribution in [0.25, 0.3) is 0 Å². The van der Waals surface area contributed by atoms with Crippen LogP contribution in [-0.4, -0.2) is 48.5 Å². The van der Waals surface area contributed by atoms with Gasteiger partial charge in [0.25, 0.3) is 0 Å². The van der Waals surface area contributed by atoms with Gasteiger partial charge in [0.2, 0.25) is 5.91 Å².